The molecule has 4 aromatic rings. The van der Waals surface area contributed by atoms with Gasteiger partial charge in [0.1, 0.15) is 23.0 Å². The lowest BCUT2D eigenvalue weighted by molar-refractivity contribution is -0.122. The van der Waals surface area contributed by atoms with Crippen molar-refractivity contribution in [2.75, 3.05) is 19.5 Å². The molecular formula is C34H27N3O5. The highest BCUT2D eigenvalue weighted by atomic mass is 16.5. The number of para-hydroxylation sites is 1. The van der Waals surface area contributed by atoms with Gasteiger partial charge in [0.15, 0.2) is 11.6 Å². The summed E-state index contributed by atoms with van der Waals surface area (Å²) in [5, 5.41) is 3.06. The second-order valence-electron chi connectivity index (χ2n) is 10.6. The Morgan fingerprint density at radius 3 is 2.45 bits per heavy atom. The minimum Gasteiger partial charge on any atom is -0.497 e. The fourth-order valence-electron chi connectivity index (χ4n) is 7.02. The zero-order chi connectivity index (χ0) is 29.0. The van der Waals surface area contributed by atoms with E-state index in [-0.39, 0.29) is 17.5 Å². The molecule has 4 atom stereocenters. The number of anilines is 1. The van der Waals surface area contributed by atoms with Gasteiger partial charge in [0.05, 0.1) is 31.7 Å². The molecule has 3 aromatic carbocycles. The summed E-state index contributed by atoms with van der Waals surface area (Å²) in [6, 6.07) is 21.9. The number of hydrogen-bond acceptors (Lipinski definition) is 7. The van der Waals surface area contributed by atoms with Gasteiger partial charge in [-0.1, -0.05) is 42.5 Å². The van der Waals surface area contributed by atoms with Crippen LogP contribution in [0.15, 0.2) is 97.5 Å². The van der Waals surface area contributed by atoms with Gasteiger partial charge in [0.2, 0.25) is 5.91 Å². The van der Waals surface area contributed by atoms with E-state index in [9.17, 15) is 14.4 Å². The lowest BCUT2D eigenvalue weighted by Gasteiger charge is -2.38. The molecule has 7 rings (SSSR count). The maximum atomic E-state index is 14.8. The Labute approximate surface area is 242 Å². The van der Waals surface area contributed by atoms with Gasteiger partial charge < -0.3 is 19.7 Å². The van der Waals surface area contributed by atoms with Crippen LogP contribution < -0.4 is 14.8 Å². The number of nitrogens with one attached hydrogen (secondary N) is 1. The average molecular weight is 558 g/mol. The SMILES string of the molecule is COc1ccc(C(=O)[C@@H]2[C@H](C(=O)c3ccncc3)[C@]3(C(=O)Nc4ccccc43)[C@H]3c4ccccc4C=CN23)c(OC)c1. The van der Waals surface area contributed by atoms with Crippen molar-refractivity contribution in [3.63, 3.8) is 0 Å². The van der Waals surface area contributed by atoms with Crippen molar-refractivity contribution in [1.82, 2.24) is 9.88 Å². The Morgan fingerprint density at radius 2 is 1.67 bits per heavy atom. The van der Waals surface area contributed by atoms with E-state index in [0.29, 0.717) is 33.9 Å². The number of ether oxygens (including phenoxy) is 2. The van der Waals surface area contributed by atoms with Crippen LogP contribution >= 0.6 is 0 Å². The number of benzene rings is 3. The van der Waals surface area contributed by atoms with E-state index in [1.165, 1.54) is 14.2 Å². The number of pyridine rings is 1. The molecule has 0 radical (unpaired) electrons. The summed E-state index contributed by atoms with van der Waals surface area (Å²) in [7, 11) is 3.03. The van der Waals surface area contributed by atoms with Crippen LogP contribution in [0.2, 0.25) is 0 Å². The first-order valence-corrected chi connectivity index (χ1v) is 13.7. The Hall–Kier alpha value is -5.24. The smallest absolute Gasteiger partial charge is 0.238 e. The number of methoxy groups -OCH3 is 2. The molecule has 42 heavy (non-hydrogen) atoms. The number of aromatic nitrogens is 1. The summed E-state index contributed by atoms with van der Waals surface area (Å²) >= 11 is 0. The second kappa shape index (κ2) is 9.69. The fraction of sp³-hybridized carbons (Fsp3) is 0.176. The van der Waals surface area contributed by atoms with E-state index in [1.807, 2.05) is 65.7 Å². The highest BCUT2D eigenvalue weighted by Gasteiger charge is 2.70. The molecule has 3 aliphatic rings. The summed E-state index contributed by atoms with van der Waals surface area (Å²) in [4.78, 5) is 50.1. The first-order valence-electron chi connectivity index (χ1n) is 13.7. The van der Waals surface area contributed by atoms with Gasteiger partial charge in [0, 0.05) is 35.9 Å². The van der Waals surface area contributed by atoms with E-state index < -0.39 is 23.4 Å². The molecular weight excluding hydrogens is 530 g/mol. The van der Waals surface area contributed by atoms with Crippen LogP contribution in [0.4, 0.5) is 5.69 Å². The minimum atomic E-state index is -1.40. The molecule has 8 nitrogen and oxygen atoms in total. The third-order valence-electron chi connectivity index (χ3n) is 8.76. The molecule has 1 saturated heterocycles. The van der Waals surface area contributed by atoms with Crippen LogP contribution in [0.1, 0.15) is 43.4 Å². The van der Waals surface area contributed by atoms with Crippen LogP contribution in [0, 0.1) is 5.92 Å². The molecule has 0 bridgehead atoms. The number of amides is 1. The molecule has 3 aliphatic heterocycles. The number of carbonyl (C=O) groups excluding carboxylic acids is 3. The largest absolute Gasteiger partial charge is 0.497 e. The molecule has 0 saturated carbocycles. The summed E-state index contributed by atoms with van der Waals surface area (Å²) in [5.74, 6) is -1.17. The van der Waals surface area contributed by atoms with Crippen LogP contribution in [0.25, 0.3) is 6.08 Å². The van der Waals surface area contributed by atoms with Crippen LogP contribution in [-0.4, -0.2) is 47.6 Å². The molecule has 1 amide bonds. The van der Waals surface area contributed by atoms with Crippen LogP contribution in [0.3, 0.4) is 0 Å². The van der Waals surface area contributed by atoms with Crippen molar-refractivity contribution in [3.8, 4) is 11.5 Å². The standard InChI is InChI=1S/C34H27N3O5/c1-41-22-11-12-24(27(19-22)42-2)31(39)29-28(30(38)21-13-16-35-17-14-21)34(25-9-5-6-10-26(25)36-33(34)40)32-23-8-4-3-7-20(23)15-18-37(29)32/h3-19,28-29,32H,1-2H3,(H,36,40)/t28-,29+,32-,34+/m1/s1. The van der Waals surface area contributed by atoms with E-state index in [4.69, 9.17) is 9.47 Å². The minimum absolute atomic E-state index is 0.297. The van der Waals surface area contributed by atoms with Gasteiger partial charge in [-0.3, -0.25) is 19.4 Å². The van der Waals surface area contributed by atoms with Crippen molar-refractivity contribution in [2.45, 2.75) is 17.5 Å². The second-order valence-corrected chi connectivity index (χ2v) is 10.6. The molecule has 1 N–H and O–H groups in total. The molecule has 8 heteroatoms. The van der Waals surface area contributed by atoms with Gasteiger partial charge in [-0.25, -0.2) is 0 Å². The Morgan fingerprint density at radius 1 is 0.905 bits per heavy atom. The Bertz CT molecular complexity index is 1790. The normalized spacial score (nSPS) is 23.1. The van der Waals surface area contributed by atoms with Crippen LogP contribution in [-0.2, 0) is 10.2 Å². The van der Waals surface area contributed by atoms with Gasteiger partial charge in [-0.2, -0.15) is 0 Å². The maximum absolute atomic E-state index is 14.8. The summed E-state index contributed by atoms with van der Waals surface area (Å²) in [6.45, 7) is 0. The monoisotopic (exact) mass is 557 g/mol. The lowest BCUT2D eigenvalue weighted by atomic mass is 9.62. The topological polar surface area (TPSA) is 97.8 Å². The average Bonchev–Trinajstić information content (AvgIpc) is 3.52. The van der Waals surface area contributed by atoms with E-state index in [0.717, 1.165) is 11.1 Å². The Kier molecular flexibility index (Phi) is 5.93. The third-order valence-corrected chi connectivity index (χ3v) is 8.76. The number of Topliss-reactive ketones (excluding diaryl/α,β-unsaturated/α-hetero) is 2. The predicted octanol–water partition coefficient (Wildman–Crippen LogP) is 5.08. The molecule has 0 unspecified atom stereocenters. The molecule has 1 fully saturated rings. The number of rotatable bonds is 6. The summed E-state index contributed by atoms with van der Waals surface area (Å²) in [6.07, 6.45) is 6.87. The van der Waals surface area contributed by atoms with Gasteiger partial charge >= 0.3 is 0 Å². The van der Waals surface area contributed by atoms with E-state index in [1.54, 1.807) is 42.7 Å². The number of carbonyl (C=O) groups is 3. The van der Waals surface area contributed by atoms with Crippen LogP contribution in [0.5, 0.6) is 11.5 Å². The molecule has 4 heterocycles. The Balaban J connectivity index is 1.53. The van der Waals surface area contributed by atoms with Gasteiger partial charge in [0.25, 0.3) is 0 Å². The zero-order valence-electron chi connectivity index (χ0n) is 23.0. The number of ketones is 2. The summed E-state index contributed by atoms with van der Waals surface area (Å²) < 4.78 is 11.0. The molecule has 1 spiro atoms. The van der Waals surface area contributed by atoms with Crippen molar-refractivity contribution in [3.05, 3.63) is 125 Å². The number of nitrogens with zero attached hydrogens (tertiary/aromatic N) is 2. The zero-order valence-corrected chi connectivity index (χ0v) is 23.0. The fourth-order valence-corrected chi connectivity index (χ4v) is 7.02. The highest BCUT2D eigenvalue weighted by Crippen LogP contribution is 2.62. The molecule has 0 aliphatic carbocycles. The number of fused-ring (bicyclic) bond motifs is 6. The predicted molar refractivity (Wildman–Crippen MR) is 157 cm³/mol. The first-order chi connectivity index (χ1) is 20.5. The van der Waals surface area contributed by atoms with Crippen molar-refractivity contribution < 1.29 is 23.9 Å². The van der Waals surface area contributed by atoms with E-state index >= 15 is 0 Å². The maximum Gasteiger partial charge on any atom is 0.238 e. The van der Waals surface area contributed by atoms with Crippen molar-refractivity contribution in [1.29, 1.82) is 0 Å². The van der Waals surface area contributed by atoms with E-state index in [2.05, 4.69) is 10.3 Å². The van der Waals surface area contributed by atoms with Crippen molar-refractivity contribution in [2.24, 2.45) is 5.92 Å². The lowest BCUT2D eigenvalue weighted by Crippen LogP contribution is -2.49. The van der Waals surface area contributed by atoms with Gasteiger partial charge in [-0.15, -0.1) is 0 Å². The molecule has 208 valence electrons. The summed E-state index contributed by atoms with van der Waals surface area (Å²) in [5.41, 5.74) is 2.40. The number of hydrogen-bond donors (Lipinski definition) is 1. The molecule has 1 aromatic heterocycles. The van der Waals surface area contributed by atoms with Crippen molar-refractivity contribution >= 4 is 29.2 Å². The van der Waals surface area contributed by atoms with Gasteiger partial charge in [-0.05, 0) is 53.1 Å². The first kappa shape index (κ1) is 25.7. The quantitative estimate of drug-likeness (QED) is 0.330. The third kappa shape index (κ3) is 3.48. The highest BCUT2D eigenvalue weighted by molar-refractivity contribution is 6.17.